The van der Waals surface area contributed by atoms with Crippen molar-refractivity contribution in [3.05, 3.63) is 58.7 Å². The summed E-state index contributed by atoms with van der Waals surface area (Å²) < 4.78 is 6.84. The first-order valence-corrected chi connectivity index (χ1v) is 6.51. The smallest absolute Gasteiger partial charge is 0.226 e. The van der Waals surface area contributed by atoms with Crippen LogP contribution in [0.5, 0.6) is 11.6 Å². The quantitative estimate of drug-likeness (QED) is 0.790. The van der Waals surface area contributed by atoms with Gasteiger partial charge in [0, 0.05) is 16.2 Å². The lowest BCUT2D eigenvalue weighted by Gasteiger charge is -2.10. The van der Waals surface area contributed by atoms with Gasteiger partial charge in [-0.3, -0.25) is 0 Å². The molecular formula is C15H14BrNO. The SMILES string of the molecule is CC=C(C)c1cccnc1Oc1ccc(Br)cc1. The number of nitrogens with zero attached hydrogens (tertiary/aromatic N) is 1. The maximum Gasteiger partial charge on any atom is 0.226 e. The summed E-state index contributed by atoms with van der Waals surface area (Å²) in [5, 5.41) is 0. The van der Waals surface area contributed by atoms with Crippen molar-refractivity contribution in [1.82, 2.24) is 4.98 Å². The number of halogens is 1. The van der Waals surface area contributed by atoms with Gasteiger partial charge in [0.15, 0.2) is 0 Å². The van der Waals surface area contributed by atoms with Gasteiger partial charge in [0.2, 0.25) is 5.88 Å². The van der Waals surface area contributed by atoms with Crippen LogP contribution in [0.25, 0.3) is 5.57 Å². The maximum atomic E-state index is 5.81. The predicted octanol–water partition coefficient (Wildman–Crippen LogP) is 5.06. The van der Waals surface area contributed by atoms with Gasteiger partial charge in [-0.15, -0.1) is 0 Å². The van der Waals surface area contributed by atoms with E-state index in [1.807, 2.05) is 56.3 Å². The number of hydrogen-bond acceptors (Lipinski definition) is 2. The van der Waals surface area contributed by atoms with E-state index in [9.17, 15) is 0 Å². The summed E-state index contributed by atoms with van der Waals surface area (Å²) in [4.78, 5) is 4.29. The highest BCUT2D eigenvalue weighted by Gasteiger charge is 2.07. The summed E-state index contributed by atoms with van der Waals surface area (Å²) in [6.07, 6.45) is 3.78. The molecule has 0 aliphatic heterocycles. The second-order valence-corrected chi connectivity index (χ2v) is 4.80. The van der Waals surface area contributed by atoms with Gasteiger partial charge in [-0.05, 0) is 55.8 Å². The van der Waals surface area contributed by atoms with Crippen LogP contribution < -0.4 is 4.74 Å². The molecule has 0 unspecified atom stereocenters. The molecule has 92 valence electrons. The molecule has 0 aliphatic rings. The molecule has 2 rings (SSSR count). The summed E-state index contributed by atoms with van der Waals surface area (Å²) in [5.41, 5.74) is 2.16. The molecule has 0 atom stereocenters. The van der Waals surface area contributed by atoms with Gasteiger partial charge in [0.05, 0.1) is 0 Å². The molecule has 2 nitrogen and oxygen atoms in total. The Morgan fingerprint density at radius 2 is 1.94 bits per heavy atom. The van der Waals surface area contributed by atoms with E-state index in [-0.39, 0.29) is 0 Å². The van der Waals surface area contributed by atoms with E-state index < -0.39 is 0 Å². The van der Waals surface area contributed by atoms with Gasteiger partial charge in [0.1, 0.15) is 5.75 Å². The third kappa shape index (κ3) is 2.99. The molecule has 0 fully saturated rings. The molecule has 0 N–H and O–H groups in total. The molecule has 0 spiro atoms. The first kappa shape index (κ1) is 12.8. The highest BCUT2D eigenvalue weighted by atomic mass is 79.9. The Morgan fingerprint density at radius 1 is 1.22 bits per heavy atom. The highest BCUT2D eigenvalue weighted by molar-refractivity contribution is 9.10. The van der Waals surface area contributed by atoms with Crippen molar-refractivity contribution in [2.24, 2.45) is 0 Å². The third-order valence-corrected chi connectivity index (χ3v) is 3.19. The van der Waals surface area contributed by atoms with Crippen LogP contribution in [0.4, 0.5) is 0 Å². The number of benzene rings is 1. The lowest BCUT2D eigenvalue weighted by Crippen LogP contribution is -1.92. The van der Waals surface area contributed by atoms with Crippen LogP contribution in [-0.4, -0.2) is 4.98 Å². The summed E-state index contributed by atoms with van der Waals surface area (Å²) in [6.45, 7) is 4.05. The Balaban J connectivity index is 2.32. The van der Waals surface area contributed by atoms with Gasteiger partial charge in [-0.1, -0.05) is 22.0 Å². The zero-order valence-corrected chi connectivity index (χ0v) is 11.9. The average Bonchev–Trinajstić information content (AvgIpc) is 2.41. The molecule has 1 aromatic carbocycles. The lowest BCUT2D eigenvalue weighted by molar-refractivity contribution is 0.461. The lowest BCUT2D eigenvalue weighted by atomic mass is 10.1. The van der Waals surface area contributed by atoms with E-state index in [1.165, 1.54) is 0 Å². The minimum atomic E-state index is 0.635. The summed E-state index contributed by atoms with van der Waals surface area (Å²) in [6, 6.07) is 11.6. The van der Waals surface area contributed by atoms with Gasteiger partial charge in [0.25, 0.3) is 0 Å². The van der Waals surface area contributed by atoms with Crippen LogP contribution in [-0.2, 0) is 0 Å². The molecule has 3 heteroatoms. The first-order chi connectivity index (χ1) is 8.70. The van der Waals surface area contributed by atoms with Crippen molar-refractivity contribution in [2.75, 3.05) is 0 Å². The minimum absolute atomic E-state index is 0.635. The average molecular weight is 304 g/mol. The fourth-order valence-electron chi connectivity index (χ4n) is 1.54. The van der Waals surface area contributed by atoms with Crippen molar-refractivity contribution in [3.8, 4) is 11.6 Å². The van der Waals surface area contributed by atoms with E-state index in [0.717, 1.165) is 21.4 Å². The number of aromatic nitrogens is 1. The van der Waals surface area contributed by atoms with Crippen molar-refractivity contribution in [3.63, 3.8) is 0 Å². The molecule has 0 saturated heterocycles. The molecule has 0 saturated carbocycles. The normalized spacial score (nSPS) is 11.4. The van der Waals surface area contributed by atoms with Gasteiger partial charge >= 0.3 is 0 Å². The molecule has 0 bridgehead atoms. The Morgan fingerprint density at radius 3 is 2.61 bits per heavy atom. The van der Waals surface area contributed by atoms with Crippen LogP contribution in [0.3, 0.4) is 0 Å². The topological polar surface area (TPSA) is 22.1 Å². The summed E-state index contributed by atoms with van der Waals surface area (Å²) >= 11 is 3.40. The summed E-state index contributed by atoms with van der Waals surface area (Å²) in [5.74, 6) is 1.41. The van der Waals surface area contributed by atoms with Crippen molar-refractivity contribution in [2.45, 2.75) is 13.8 Å². The zero-order valence-electron chi connectivity index (χ0n) is 10.4. The fourth-order valence-corrected chi connectivity index (χ4v) is 1.81. The van der Waals surface area contributed by atoms with E-state index in [2.05, 4.69) is 20.9 Å². The number of allylic oxidation sites excluding steroid dienone is 2. The second kappa shape index (κ2) is 5.83. The molecule has 0 aliphatic carbocycles. The van der Waals surface area contributed by atoms with Crippen LogP contribution in [0.2, 0.25) is 0 Å². The Labute approximate surface area is 115 Å². The Bertz CT molecular complexity index is 561. The van der Waals surface area contributed by atoms with Gasteiger partial charge < -0.3 is 4.74 Å². The highest BCUT2D eigenvalue weighted by Crippen LogP contribution is 2.28. The number of ether oxygens (including phenoxy) is 1. The van der Waals surface area contributed by atoms with E-state index >= 15 is 0 Å². The standard InChI is InChI=1S/C15H14BrNO/c1-3-11(2)14-5-4-10-17-15(14)18-13-8-6-12(16)7-9-13/h3-10H,1-2H3. The minimum Gasteiger partial charge on any atom is -0.438 e. The van der Waals surface area contributed by atoms with Crippen molar-refractivity contribution in [1.29, 1.82) is 0 Å². The van der Waals surface area contributed by atoms with Crippen LogP contribution in [0.1, 0.15) is 19.4 Å². The summed E-state index contributed by atoms with van der Waals surface area (Å²) in [7, 11) is 0. The molecule has 0 radical (unpaired) electrons. The third-order valence-electron chi connectivity index (χ3n) is 2.66. The molecular weight excluding hydrogens is 290 g/mol. The van der Waals surface area contributed by atoms with Crippen molar-refractivity contribution < 1.29 is 4.74 Å². The van der Waals surface area contributed by atoms with E-state index in [1.54, 1.807) is 6.20 Å². The molecule has 1 heterocycles. The van der Waals surface area contributed by atoms with Gasteiger partial charge in [-0.2, -0.15) is 0 Å². The number of rotatable bonds is 3. The van der Waals surface area contributed by atoms with Crippen LogP contribution in [0.15, 0.2) is 53.1 Å². The van der Waals surface area contributed by atoms with Crippen LogP contribution >= 0.6 is 15.9 Å². The number of hydrogen-bond donors (Lipinski definition) is 0. The molecule has 18 heavy (non-hydrogen) atoms. The van der Waals surface area contributed by atoms with Gasteiger partial charge in [-0.25, -0.2) is 4.98 Å². The van der Waals surface area contributed by atoms with Crippen LogP contribution in [0, 0.1) is 0 Å². The number of pyridine rings is 1. The molecule has 1 aromatic heterocycles. The molecule has 2 aromatic rings. The maximum absolute atomic E-state index is 5.81. The van der Waals surface area contributed by atoms with E-state index in [0.29, 0.717) is 5.88 Å². The largest absolute Gasteiger partial charge is 0.438 e. The van der Waals surface area contributed by atoms with E-state index in [4.69, 9.17) is 4.74 Å². The Kier molecular flexibility index (Phi) is 4.15. The Hall–Kier alpha value is -1.61. The molecule has 0 amide bonds. The van der Waals surface area contributed by atoms with Crippen molar-refractivity contribution >= 4 is 21.5 Å². The monoisotopic (exact) mass is 303 g/mol. The second-order valence-electron chi connectivity index (χ2n) is 3.88. The fraction of sp³-hybridized carbons (Fsp3) is 0.133. The first-order valence-electron chi connectivity index (χ1n) is 5.72. The predicted molar refractivity (Wildman–Crippen MR) is 77.8 cm³/mol. The zero-order chi connectivity index (χ0) is 13.0.